The van der Waals surface area contributed by atoms with Crippen LogP contribution in [0.3, 0.4) is 0 Å². The van der Waals surface area contributed by atoms with E-state index in [-0.39, 0.29) is 11.3 Å². The summed E-state index contributed by atoms with van der Waals surface area (Å²) in [6.45, 7) is 1.29. The first-order chi connectivity index (χ1) is 5.95. The van der Waals surface area contributed by atoms with E-state index in [1.807, 2.05) is 0 Å². The van der Waals surface area contributed by atoms with Crippen LogP contribution in [0.4, 0.5) is 18.9 Å². The van der Waals surface area contributed by atoms with E-state index in [4.69, 9.17) is 0 Å². The molecule has 0 aliphatic carbocycles. The Bertz CT molecular complexity index is 333. The SMILES string of the molecule is Cc1cc(N=O)ccc1C(F)(F)F. The van der Waals surface area contributed by atoms with Crippen LogP contribution < -0.4 is 0 Å². The molecule has 2 nitrogen and oxygen atoms in total. The van der Waals surface area contributed by atoms with E-state index in [9.17, 15) is 18.1 Å². The second kappa shape index (κ2) is 3.16. The molecule has 0 spiro atoms. The van der Waals surface area contributed by atoms with Gasteiger partial charge in [-0.2, -0.15) is 13.2 Å². The number of aryl methyl sites for hydroxylation is 1. The number of halogens is 3. The maximum absolute atomic E-state index is 12.2. The first-order valence-electron chi connectivity index (χ1n) is 3.46. The molecule has 0 N–H and O–H groups in total. The van der Waals surface area contributed by atoms with Gasteiger partial charge in [0.2, 0.25) is 0 Å². The number of benzene rings is 1. The average Bonchev–Trinajstić information content (AvgIpc) is 2.01. The molecule has 1 rings (SSSR count). The summed E-state index contributed by atoms with van der Waals surface area (Å²) in [6, 6.07) is 3.00. The molecule has 0 saturated heterocycles. The zero-order chi connectivity index (χ0) is 10.1. The van der Waals surface area contributed by atoms with Crippen LogP contribution in [0.25, 0.3) is 0 Å². The highest BCUT2D eigenvalue weighted by atomic mass is 19.4. The van der Waals surface area contributed by atoms with Gasteiger partial charge in [0.25, 0.3) is 0 Å². The predicted molar refractivity (Wildman–Crippen MR) is 41.6 cm³/mol. The van der Waals surface area contributed by atoms with Crippen molar-refractivity contribution in [2.45, 2.75) is 13.1 Å². The molecule has 0 radical (unpaired) electrons. The second-order valence-corrected chi connectivity index (χ2v) is 2.59. The fourth-order valence-electron chi connectivity index (χ4n) is 1.02. The van der Waals surface area contributed by atoms with Gasteiger partial charge < -0.3 is 0 Å². The van der Waals surface area contributed by atoms with Gasteiger partial charge in [-0.1, -0.05) is 0 Å². The van der Waals surface area contributed by atoms with E-state index >= 15 is 0 Å². The Kier molecular flexibility index (Phi) is 2.36. The minimum Gasteiger partial charge on any atom is -0.166 e. The molecule has 1 aromatic rings. The number of nitrogens with zero attached hydrogens (tertiary/aromatic N) is 1. The van der Waals surface area contributed by atoms with E-state index in [1.54, 1.807) is 0 Å². The van der Waals surface area contributed by atoms with Gasteiger partial charge in [0.1, 0.15) is 5.69 Å². The van der Waals surface area contributed by atoms with Crippen LogP contribution in [0, 0.1) is 11.8 Å². The Hall–Kier alpha value is -1.39. The molecular weight excluding hydrogens is 183 g/mol. The van der Waals surface area contributed by atoms with Gasteiger partial charge in [0.05, 0.1) is 5.56 Å². The summed E-state index contributed by atoms with van der Waals surface area (Å²) in [7, 11) is 0. The third kappa shape index (κ3) is 2.05. The fourth-order valence-corrected chi connectivity index (χ4v) is 1.02. The lowest BCUT2D eigenvalue weighted by atomic mass is 10.1. The smallest absolute Gasteiger partial charge is 0.166 e. The Morgan fingerprint density at radius 2 is 1.92 bits per heavy atom. The highest BCUT2D eigenvalue weighted by Crippen LogP contribution is 2.33. The van der Waals surface area contributed by atoms with Crippen LogP contribution in [-0.4, -0.2) is 0 Å². The van der Waals surface area contributed by atoms with Crippen molar-refractivity contribution in [3.8, 4) is 0 Å². The van der Waals surface area contributed by atoms with Crippen LogP contribution in [0.15, 0.2) is 23.4 Å². The van der Waals surface area contributed by atoms with Crippen LogP contribution in [0.2, 0.25) is 0 Å². The summed E-state index contributed by atoms with van der Waals surface area (Å²) in [5.41, 5.74) is -0.727. The Labute approximate surface area is 72.4 Å². The minimum absolute atomic E-state index is 0.00426. The van der Waals surface area contributed by atoms with Crippen LogP contribution >= 0.6 is 0 Å². The minimum atomic E-state index is -4.37. The van der Waals surface area contributed by atoms with Gasteiger partial charge in [0.15, 0.2) is 0 Å². The highest BCUT2D eigenvalue weighted by molar-refractivity contribution is 5.44. The van der Waals surface area contributed by atoms with Gasteiger partial charge in [-0.25, -0.2) is 0 Å². The van der Waals surface area contributed by atoms with E-state index in [1.165, 1.54) is 6.92 Å². The van der Waals surface area contributed by atoms with E-state index in [0.717, 1.165) is 18.2 Å². The van der Waals surface area contributed by atoms with Crippen molar-refractivity contribution in [3.63, 3.8) is 0 Å². The van der Waals surface area contributed by atoms with Crippen molar-refractivity contribution < 1.29 is 13.2 Å². The molecule has 0 atom stereocenters. The second-order valence-electron chi connectivity index (χ2n) is 2.59. The lowest BCUT2D eigenvalue weighted by Crippen LogP contribution is -2.06. The lowest BCUT2D eigenvalue weighted by molar-refractivity contribution is -0.138. The van der Waals surface area contributed by atoms with Crippen molar-refractivity contribution in [3.05, 3.63) is 34.2 Å². The molecule has 13 heavy (non-hydrogen) atoms. The first kappa shape index (κ1) is 9.70. The standard InChI is InChI=1S/C8H6F3NO/c1-5-4-6(12-13)2-3-7(5)8(9,10)11/h2-4H,1H3. The van der Waals surface area contributed by atoms with E-state index in [2.05, 4.69) is 5.18 Å². The number of nitroso groups, excluding NO2 is 1. The monoisotopic (exact) mass is 189 g/mol. The maximum Gasteiger partial charge on any atom is 0.416 e. The van der Waals surface area contributed by atoms with Gasteiger partial charge in [-0.15, -0.1) is 4.91 Å². The molecule has 0 heterocycles. The Balaban J connectivity index is 3.20. The van der Waals surface area contributed by atoms with Crippen LogP contribution in [0.1, 0.15) is 11.1 Å². The largest absolute Gasteiger partial charge is 0.416 e. The Morgan fingerprint density at radius 3 is 2.31 bits per heavy atom. The summed E-state index contributed by atoms with van der Waals surface area (Å²) in [5, 5.41) is 2.54. The fraction of sp³-hybridized carbons (Fsp3) is 0.250. The van der Waals surface area contributed by atoms with Gasteiger partial charge in [-0.3, -0.25) is 0 Å². The van der Waals surface area contributed by atoms with Crippen LogP contribution in [0.5, 0.6) is 0 Å². The third-order valence-corrected chi connectivity index (χ3v) is 1.62. The van der Waals surface area contributed by atoms with Crippen molar-refractivity contribution in [1.29, 1.82) is 0 Å². The number of hydrogen-bond acceptors (Lipinski definition) is 2. The van der Waals surface area contributed by atoms with E-state index < -0.39 is 11.7 Å². The summed E-state index contributed by atoms with van der Waals surface area (Å²) in [4.78, 5) is 9.99. The average molecular weight is 189 g/mol. The number of alkyl halides is 3. The molecule has 0 fully saturated rings. The predicted octanol–water partition coefficient (Wildman–Crippen LogP) is 3.41. The maximum atomic E-state index is 12.2. The van der Waals surface area contributed by atoms with Crippen molar-refractivity contribution >= 4 is 5.69 Å². The van der Waals surface area contributed by atoms with Crippen LogP contribution in [-0.2, 0) is 6.18 Å². The van der Waals surface area contributed by atoms with Crippen molar-refractivity contribution in [1.82, 2.24) is 0 Å². The number of rotatable bonds is 1. The van der Waals surface area contributed by atoms with Gasteiger partial charge in [-0.05, 0) is 35.9 Å². The molecule has 5 heteroatoms. The molecule has 0 bridgehead atoms. The molecule has 0 saturated carbocycles. The molecule has 0 unspecified atom stereocenters. The van der Waals surface area contributed by atoms with Gasteiger partial charge in [0, 0.05) is 0 Å². The summed E-state index contributed by atoms with van der Waals surface area (Å²) >= 11 is 0. The molecule has 0 aliphatic rings. The molecule has 1 aromatic carbocycles. The summed E-state index contributed by atoms with van der Waals surface area (Å²) in [6.07, 6.45) is -4.37. The molecular formula is C8H6F3NO. The topological polar surface area (TPSA) is 29.4 Å². The highest BCUT2D eigenvalue weighted by Gasteiger charge is 2.32. The Morgan fingerprint density at radius 1 is 1.31 bits per heavy atom. The molecule has 0 aromatic heterocycles. The normalized spacial score (nSPS) is 11.4. The zero-order valence-electron chi connectivity index (χ0n) is 6.72. The first-order valence-corrected chi connectivity index (χ1v) is 3.46. The van der Waals surface area contributed by atoms with E-state index in [0.29, 0.717) is 0 Å². The summed E-state index contributed by atoms with van der Waals surface area (Å²) in [5.74, 6) is 0. The summed E-state index contributed by atoms with van der Waals surface area (Å²) < 4.78 is 36.5. The molecule has 70 valence electrons. The van der Waals surface area contributed by atoms with Crippen molar-refractivity contribution in [2.75, 3.05) is 0 Å². The third-order valence-electron chi connectivity index (χ3n) is 1.62. The van der Waals surface area contributed by atoms with Gasteiger partial charge >= 0.3 is 6.18 Å². The molecule has 0 aliphatic heterocycles. The quantitative estimate of drug-likeness (QED) is 0.622. The lowest BCUT2D eigenvalue weighted by Gasteiger charge is -2.09. The molecule has 0 amide bonds. The zero-order valence-corrected chi connectivity index (χ0v) is 6.72. The van der Waals surface area contributed by atoms with Crippen molar-refractivity contribution in [2.24, 2.45) is 5.18 Å². The number of hydrogen-bond donors (Lipinski definition) is 0.